The molecule has 0 aliphatic carbocycles. The van der Waals surface area contributed by atoms with Gasteiger partial charge in [-0.3, -0.25) is 4.68 Å². The maximum atomic E-state index is 11.1. The van der Waals surface area contributed by atoms with Gasteiger partial charge < -0.3 is 16.2 Å². The number of aromatic nitrogens is 3. The van der Waals surface area contributed by atoms with E-state index < -0.39 is 5.97 Å². The second-order valence-electron chi connectivity index (χ2n) is 3.68. The molecule has 2 heterocycles. The van der Waals surface area contributed by atoms with E-state index in [2.05, 4.69) is 15.4 Å². The van der Waals surface area contributed by atoms with Crippen LogP contribution in [0.25, 0.3) is 0 Å². The number of anilines is 3. The van der Waals surface area contributed by atoms with Gasteiger partial charge in [0, 0.05) is 12.7 Å². The maximum Gasteiger partial charge on any atom is 0.339 e. The number of aryl methyl sites for hydroxylation is 1. The molecule has 2 aromatic rings. The van der Waals surface area contributed by atoms with E-state index in [9.17, 15) is 4.79 Å². The van der Waals surface area contributed by atoms with Crippen LogP contribution in [0.15, 0.2) is 24.7 Å². The van der Waals surface area contributed by atoms with Crippen LogP contribution in [-0.2, 0) is 6.54 Å². The van der Waals surface area contributed by atoms with E-state index in [1.807, 2.05) is 6.92 Å². The highest BCUT2D eigenvalue weighted by Crippen LogP contribution is 2.20. The number of rotatable bonds is 4. The molecule has 0 radical (unpaired) electrons. The molecule has 2 rings (SSSR count). The number of nitrogens with one attached hydrogen (secondary N) is 1. The molecular weight excluding hydrogens is 234 g/mol. The first kappa shape index (κ1) is 11.9. The van der Waals surface area contributed by atoms with Crippen LogP contribution < -0.4 is 11.1 Å². The van der Waals surface area contributed by atoms with Crippen molar-refractivity contribution in [1.82, 2.24) is 14.8 Å². The van der Waals surface area contributed by atoms with E-state index in [1.165, 1.54) is 12.3 Å². The summed E-state index contributed by atoms with van der Waals surface area (Å²) in [4.78, 5) is 15.0. The molecule has 0 saturated heterocycles. The predicted molar refractivity (Wildman–Crippen MR) is 66.8 cm³/mol. The summed E-state index contributed by atoms with van der Waals surface area (Å²) < 4.78 is 1.72. The number of nitrogens with zero attached hydrogens (tertiary/aromatic N) is 3. The fraction of sp³-hybridized carbons (Fsp3) is 0.182. The lowest BCUT2D eigenvalue weighted by Gasteiger charge is -2.06. The molecule has 7 heteroatoms. The van der Waals surface area contributed by atoms with E-state index in [0.717, 1.165) is 6.54 Å². The highest BCUT2D eigenvalue weighted by Gasteiger charge is 2.12. The Morgan fingerprint density at radius 3 is 2.94 bits per heavy atom. The topological polar surface area (TPSA) is 106 Å². The Kier molecular flexibility index (Phi) is 3.13. The summed E-state index contributed by atoms with van der Waals surface area (Å²) in [7, 11) is 0. The zero-order chi connectivity index (χ0) is 13.1. The fourth-order valence-electron chi connectivity index (χ4n) is 1.48. The first-order valence-electron chi connectivity index (χ1n) is 5.38. The lowest BCUT2D eigenvalue weighted by molar-refractivity contribution is 0.0697. The maximum absolute atomic E-state index is 11.1. The van der Waals surface area contributed by atoms with Gasteiger partial charge in [-0.05, 0) is 13.0 Å². The first-order chi connectivity index (χ1) is 8.60. The number of hydrogen-bond donors (Lipinski definition) is 3. The zero-order valence-corrected chi connectivity index (χ0v) is 9.79. The van der Waals surface area contributed by atoms with E-state index in [1.54, 1.807) is 17.1 Å². The second-order valence-corrected chi connectivity index (χ2v) is 3.68. The Morgan fingerprint density at radius 2 is 2.33 bits per heavy atom. The van der Waals surface area contributed by atoms with Crippen molar-refractivity contribution in [1.29, 1.82) is 0 Å². The molecule has 0 bridgehead atoms. The molecule has 0 saturated carbocycles. The van der Waals surface area contributed by atoms with Crippen molar-refractivity contribution in [3.05, 3.63) is 30.2 Å². The molecule has 4 N–H and O–H groups in total. The quantitative estimate of drug-likeness (QED) is 0.752. The van der Waals surface area contributed by atoms with Crippen molar-refractivity contribution in [2.45, 2.75) is 13.5 Å². The number of aromatic carboxylic acids is 1. The van der Waals surface area contributed by atoms with Crippen molar-refractivity contribution < 1.29 is 9.90 Å². The molecule has 0 amide bonds. The monoisotopic (exact) mass is 247 g/mol. The summed E-state index contributed by atoms with van der Waals surface area (Å²) in [5.74, 6) is -0.840. The highest BCUT2D eigenvalue weighted by molar-refractivity contribution is 5.94. The van der Waals surface area contributed by atoms with E-state index >= 15 is 0 Å². The molecule has 0 aliphatic rings. The van der Waals surface area contributed by atoms with Gasteiger partial charge in [-0.25, -0.2) is 9.78 Å². The lowest BCUT2D eigenvalue weighted by atomic mass is 10.2. The summed E-state index contributed by atoms with van der Waals surface area (Å²) in [5.41, 5.74) is 6.53. The van der Waals surface area contributed by atoms with Crippen molar-refractivity contribution in [3.8, 4) is 0 Å². The van der Waals surface area contributed by atoms with Gasteiger partial charge in [0.2, 0.25) is 0 Å². The van der Waals surface area contributed by atoms with Crippen LogP contribution in [0.1, 0.15) is 17.3 Å². The molecule has 0 aliphatic heterocycles. The highest BCUT2D eigenvalue weighted by atomic mass is 16.4. The Bertz CT molecular complexity index is 579. The van der Waals surface area contributed by atoms with Gasteiger partial charge in [0.15, 0.2) is 0 Å². The lowest BCUT2D eigenvalue weighted by Crippen LogP contribution is -2.05. The number of nitrogen functional groups attached to an aromatic ring is 1. The summed E-state index contributed by atoms with van der Waals surface area (Å²) in [6, 6.07) is 1.36. The third kappa shape index (κ3) is 2.40. The summed E-state index contributed by atoms with van der Waals surface area (Å²) >= 11 is 0. The minimum Gasteiger partial charge on any atom is -0.478 e. The first-order valence-corrected chi connectivity index (χ1v) is 5.38. The minimum absolute atomic E-state index is 0.0271. The van der Waals surface area contributed by atoms with Crippen molar-refractivity contribution in [3.63, 3.8) is 0 Å². The molecule has 94 valence electrons. The molecule has 7 nitrogen and oxygen atoms in total. The van der Waals surface area contributed by atoms with Crippen LogP contribution in [0.2, 0.25) is 0 Å². The number of nitrogens with two attached hydrogens (primary N) is 1. The van der Waals surface area contributed by atoms with Crippen LogP contribution in [0.3, 0.4) is 0 Å². The van der Waals surface area contributed by atoms with Gasteiger partial charge in [0.25, 0.3) is 0 Å². The van der Waals surface area contributed by atoms with E-state index in [-0.39, 0.29) is 11.4 Å². The van der Waals surface area contributed by atoms with Crippen LogP contribution >= 0.6 is 0 Å². The standard InChI is InChI=1S/C11H13N5O2/c1-2-16-6-8(5-14-16)15-10-9(11(17)18)3-7(12)4-13-10/h3-6H,2,12H2,1H3,(H,13,15)(H,17,18). The number of carboxylic acids is 1. The predicted octanol–water partition coefficient (Wildman–Crippen LogP) is 1.32. The summed E-state index contributed by atoms with van der Waals surface area (Å²) in [6.45, 7) is 2.70. The fourth-order valence-corrected chi connectivity index (χ4v) is 1.48. The molecule has 0 atom stereocenters. The zero-order valence-electron chi connectivity index (χ0n) is 9.79. The van der Waals surface area contributed by atoms with E-state index in [4.69, 9.17) is 10.8 Å². The van der Waals surface area contributed by atoms with Gasteiger partial charge >= 0.3 is 5.97 Å². The van der Waals surface area contributed by atoms with Crippen LogP contribution in [0, 0.1) is 0 Å². The van der Waals surface area contributed by atoms with Crippen LogP contribution in [0.5, 0.6) is 0 Å². The Balaban J connectivity index is 2.30. The molecule has 2 aromatic heterocycles. The molecule has 18 heavy (non-hydrogen) atoms. The number of carbonyl (C=O) groups is 1. The normalized spacial score (nSPS) is 10.3. The van der Waals surface area contributed by atoms with Gasteiger partial charge in [-0.1, -0.05) is 0 Å². The molecular formula is C11H13N5O2. The second kappa shape index (κ2) is 4.74. The molecule has 0 fully saturated rings. The van der Waals surface area contributed by atoms with Crippen LogP contribution in [0.4, 0.5) is 17.2 Å². The molecule has 0 spiro atoms. The van der Waals surface area contributed by atoms with Crippen molar-refractivity contribution in [2.75, 3.05) is 11.1 Å². The van der Waals surface area contributed by atoms with Crippen LogP contribution in [-0.4, -0.2) is 25.8 Å². The third-order valence-corrected chi connectivity index (χ3v) is 2.36. The molecule has 0 unspecified atom stereocenters. The number of hydrogen-bond acceptors (Lipinski definition) is 5. The van der Waals surface area contributed by atoms with Crippen molar-refractivity contribution in [2.24, 2.45) is 0 Å². The smallest absolute Gasteiger partial charge is 0.339 e. The molecule has 0 aromatic carbocycles. The number of pyridine rings is 1. The largest absolute Gasteiger partial charge is 0.478 e. The van der Waals surface area contributed by atoms with Gasteiger partial charge in [0.1, 0.15) is 11.4 Å². The number of carboxylic acid groups (broad SMARTS) is 1. The Labute approximate surface area is 103 Å². The van der Waals surface area contributed by atoms with Crippen molar-refractivity contribution >= 4 is 23.2 Å². The average Bonchev–Trinajstić information content (AvgIpc) is 2.79. The van der Waals surface area contributed by atoms with Gasteiger partial charge in [-0.2, -0.15) is 5.10 Å². The minimum atomic E-state index is -1.08. The Hall–Kier alpha value is -2.57. The van der Waals surface area contributed by atoms with Gasteiger partial charge in [0.05, 0.1) is 23.8 Å². The van der Waals surface area contributed by atoms with E-state index in [0.29, 0.717) is 11.4 Å². The average molecular weight is 247 g/mol. The summed E-state index contributed by atoms with van der Waals surface area (Å²) in [5, 5.41) is 16.0. The SMILES string of the molecule is CCn1cc(Nc2ncc(N)cc2C(=O)O)cn1. The third-order valence-electron chi connectivity index (χ3n) is 2.36. The Morgan fingerprint density at radius 1 is 1.56 bits per heavy atom. The van der Waals surface area contributed by atoms with Gasteiger partial charge in [-0.15, -0.1) is 0 Å². The summed E-state index contributed by atoms with van der Waals surface area (Å²) in [6.07, 6.45) is 4.77.